The van der Waals surface area contributed by atoms with Gasteiger partial charge in [0.25, 0.3) is 0 Å². The standard InChI is InChI=1S/C17H20ClN3O6S2/c1-8-20-16(27-21-8)14(28)15(23)19-4-5-29-7-9-10(22)6-11(25-2)13(18)12(9)17(24)26-3/h6,14,22,28H,4-5,7H2,1-3H3,(H,19,23). The molecule has 0 radical (unpaired) electrons. The molecule has 1 aromatic carbocycles. The van der Waals surface area contributed by atoms with Crippen LogP contribution in [-0.2, 0) is 15.3 Å². The Morgan fingerprint density at radius 2 is 2.17 bits per heavy atom. The van der Waals surface area contributed by atoms with Gasteiger partial charge in [-0.05, 0) is 6.92 Å². The summed E-state index contributed by atoms with van der Waals surface area (Å²) in [5.41, 5.74) is 0.372. The number of thioether (sulfide) groups is 1. The maximum Gasteiger partial charge on any atom is 0.339 e. The smallest absolute Gasteiger partial charge is 0.339 e. The molecular weight excluding hydrogens is 442 g/mol. The number of carbonyl (C=O) groups is 2. The fourth-order valence-corrected chi connectivity index (χ4v) is 3.73. The van der Waals surface area contributed by atoms with Crippen LogP contribution in [0.15, 0.2) is 10.6 Å². The van der Waals surface area contributed by atoms with Gasteiger partial charge in [0.05, 0.1) is 24.8 Å². The van der Waals surface area contributed by atoms with Gasteiger partial charge in [-0.2, -0.15) is 29.4 Å². The van der Waals surface area contributed by atoms with Crippen LogP contribution < -0.4 is 10.1 Å². The predicted molar refractivity (Wildman–Crippen MR) is 111 cm³/mol. The molecule has 0 saturated heterocycles. The fourth-order valence-electron chi connectivity index (χ4n) is 2.32. The van der Waals surface area contributed by atoms with Crippen LogP contribution in [-0.4, -0.2) is 53.6 Å². The van der Waals surface area contributed by atoms with Crippen LogP contribution in [0.2, 0.25) is 5.02 Å². The third kappa shape index (κ3) is 5.71. The second-order valence-electron chi connectivity index (χ2n) is 5.68. The minimum atomic E-state index is -0.864. The van der Waals surface area contributed by atoms with Crippen molar-refractivity contribution in [3.63, 3.8) is 0 Å². The molecule has 29 heavy (non-hydrogen) atoms. The van der Waals surface area contributed by atoms with Gasteiger partial charge in [-0.15, -0.1) is 0 Å². The number of amides is 1. The van der Waals surface area contributed by atoms with E-state index in [-0.39, 0.29) is 39.6 Å². The van der Waals surface area contributed by atoms with E-state index in [4.69, 9.17) is 25.6 Å². The first kappa shape index (κ1) is 23.2. The van der Waals surface area contributed by atoms with Crippen molar-refractivity contribution in [1.29, 1.82) is 0 Å². The van der Waals surface area contributed by atoms with Crippen molar-refractivity contribution in [2.45, 2.75) is 17.9 Å². The third-order valence-corrected chi connectivity index (χ3v) is 5.56. The number of nitrogens with zero attached hydrogens (tertiary/aromatic N) is 2. The number of thiol groups is 1. The number of methoxy groups -OCH3 is 2. The summed E-state index contributed by atoms with van der Waals surface area (Å²) in [6.45, 7) is 1.97. The number of benzene rings is 1. The lowest BCUT2D eigenvalue weighted by Crippen LogP contribution is -2.29. The van der Waals surface area contributed by atoms with Crippen LogP contribution in [0.5, 0.6) is 11.5 Å². The van der Waals surface area contributed by atoms with E-state index in [1.165, 1.54) is 32.0 Å². The third-order valence-electron chi connectivity index (χ3n) is 3.74. The summed E-state index contributed by atoms with van der Waals surface area (Å²) in [5, 5.41) is 15.8. The van der Waals surface area contributed by atoms with Crippen LogP contribution in [0.4, 0.5) is 0 Å². The highest BCUT2D eigenvalue weighted by atomic mass is 35.5. The van der Waals surface area contributed by atoms with Crippen molar-refractivity contribution in [1.82, 2.24) is 15.5 Å². The van der Waals surface area contributed by atoms with Gasteiger partial charge in [0.1, 0.15) is 11.5 Å². The lowest BCUT2D eigenvalue weighted by atomic mass is 10.1. The van der Waals surface area contributed by atoms with Crippen molar-refractivity contribution in [3.8, 4) is 11.5 Å². The average molecular weight is 462 g/mol. The molecule has 1 unspecified atom stereocenters. The lowest BCUT2D eigenvalue weighted by molar-refractivity contribution is -0.120. The summed E-state index contributed by atoms with van der Waals surface area (Å²) in [7, 11) is 2.60. The molecule has 0 saturated carbocycles. The number of aromatic nitrogens is 2. The first-order valence-electron chi connectivity index (χ1n) is 8.30. The topological polar surface area (TPSA) is 124 Å². The first-order valence-corrected chi connectivity index (χ1v) is 10.3. The van der Waals surface area contributed by atoms with Crippen LogP contribution >= 0.6 is 36.0 Å². The Kier molecular flexibility index (Phi) is 8.47. The number of aromatic hydroxyl groups is 1. The van der Waals surface area contributed by atoms with Crippen LogP contribution in [0.3, 0.4) is 0 Å². The molecule has 0 aliphatic heterocycles. The Morgan fingerprint density at radius 3 is 2.76 bits per heavy atom. The Labute approximate surface area is 181 Å². The van der Waals surface area contributed by atoms with E-state index < -0.39 is 11.2 Å². The number of rotatable bonds is 9. The number of esters is 1. The maximum absolute atomic E-state index is 12.1. The molecule has 0 aliphatic carbocycles. The van der Waals surface area contributed by atoms with Gasteiger partial charge in [0.15, 0.2) is 11.1 Å². The highest BCUT2D eigenvalue weighted by Gasteiger charge is 2.24. The zero-order valence-electron chi connectivity index (χ0n) is 15.9. The fraction of sp³-hybridized carbons (Fsp3) is 0.412. The quantitative estimate of drug-likeness (QED) is 0.293. The molecule has 1 atom stereocenters. The number of halogens is 1. The maximum atomic E-state index is 12.1. The first-order chi connectivity index (χ1) is 13.8. The number of hydrogen-bond acceptors (Lipinski definition) is 10. The second-order valence-corrected chi connectivity index (χ2v) is 7.68. The van der Waals surface area contributed by atoms with Gasteiger partial charge in [-0.3, -0.25) is 4.79 Å². The molecule has 9 nitrogen and oxygen atoms in total. The van der Waals surface area contributed by atoms with Crippen molar-refractivity contribution >= 4 is 47.9 Å². The van der Waals surface area contributed by atoms with E-state index in [0.29, 0.717) is 23.7 Å². The molecule has 12 heteroatoms. The Bertz CT molecular complexity index is 892. The molecule has 0 fully saturated rings. The molecule has 2 rings (SSSR count). The van der Waals surface area contributed by atoms with E-state index in [9.17, 15) is 14.7 Å². The van der Waals surface area contributed by atoms with Gasteiger partial charge in [-0.1, -0.05) is 16.8 Å². The van der Waals surface area contributed by atoms with Gasteiger partial charge < -0.3 is 24.4 Å². The SMILES string of the molecule is COC(=O)c1c(Cl)c(OC)cc(O)c1CSCCNC(=O)C(S)c1nc(C)no1. The van der Waals surface area contributed by atoms with E-state index >= 15 is 0 Å². The van der Waals surface area contributed by atoms with Gasteiger partial charge in [0, 0.05) is 29.7 Å². The van der Waals surface area contributed by atoms with Gasteiger partial charge in [-0.25, -0.2) is 4.79 Å². The number of ether oxygens (including phenoxy) is 2. The predicted octanol–water partition coefficient (Wildman–Crippen LogP) is 2.55. The highest BCUT2D eigenvalue weighted by molar-refractivity contribution is 7.98. The number of nitrogens with one attached hydrogen (secondary N) is 1. The summed E-state index contributed by atoms with van der Waals surface area (Å²) in [6, 6.07) is 1.34. The molecule has 1 aromatic heterocycles. The molecular formula is C17H20ClN3O6S2. The summed E-state index contributed by atoms with van der Waals surface area (Å²) in [6.07, 6.45) is 0. The number of phenolic OH excluding ortho intramolecular Hbond substituents is 1. The molecule has 0 aliphatic rings. The normalized spacial score (nSPS) is 11.8. The van der Waals surface area contributed by atoms with Crippen LogP contribution in [0.25, 0.3) is 0 Å². The Hall–Kier alpha value is -2.11. The molecule has 2 N–H and O–H groups in total. The number of hydrogen-bond donors (Lipinski definition) is 3. The number of phenols is 1. The number of carbonyl (C=O) groups excluding carboxylic acids is 2. The summed E-state index contributed by atoms with van der Waals surface area (Å²) in [4.78, 5) is 28.1. The Morgan fingerprint density at radius 1 is 1.45 bits per heavy atom. The molecule has 158 valence electrons. The van der Waals surface area contributed by atoms with Crippen molar-refractivity contribution in [3.05, 3.63) is 33.9 Å². The van der Waals surface area contributed by atoms with E-state index in [0.717, 1.165) is 0 Å². The van der Waals surface area contributed by atoms with Gasteiger partial charge in [0.2, 0.25) is 11.8 Å². The van der Waals surface area contributed by atoms with Crippen molar-refractivity contribution < 1.29 is 28.7 Å². The minimum Gasteiger partial charge on any atom is -0.507 e. The van der Waals surface area contributed by atoms with Crippen LogP contribution in [0.1, 0.15) is 32.9 Å². The Balaban J connectivity index is 1.94. The second kappa shape index (κ2) is 10.6. The van der Waals surface area contributed by atoms with Crippen LogP contribution in [0, 0.1) is 6.92 Å². The molecule has 2 aromatic rings. The summed E-state index contributed by atoms with van der Waals surface area (Å²) < 4.78 is 14.7. The monoisotopic (exact) mass is 461 g/mol. The molecule has 1 amide bonds. The molecule has 0 bridgehead atoms. The average Bonchev–Trinajstić information content (AvgIpc) is 3.14. The summed E-state index contributed by atoms with van der Waals surface area (Å²) in [5.74, 6) is 0.288. The van der Waals surface area contributed by atoms with E-state index in [1.54, 1.807) is 6.92 Å². The largest absolute Gasteiger partial charge is 0.507 e. The molecule has 0 spiro atoms. The van der Waals surface area contributed by atoms with Crippen molar-refractivity contribution in [2.24, 2.45) is 0 Å². The van der Waals surface area contributed by atoms with Crippen molar-refractivity contribution in [2.75, 3.05) is 26.5 Å². The molecule has 1 heterocycles. The minimum absolute atomic E-state index is 0.0461. The lowest BCUT2D eigenvalue weighted by Gasteiger charge is -2.15. The van der Waals surface area contributed by atoms with E-state index in [2.05, 4.69) is 28.1 Å². The zero-order valence-corrected chi connectivity index (χ0v) is 18.4. The summed E-state index contributed by atoms with van der Waals surface area (Å²) >= 11 is 11.8. The highest BCUT2D eigenvalue weighted by Crippen LogP contribution is 2.38. The zero-order chi connectivity index (χ0) is 21.6. The number of aryl methyl sites for hydroxylation is 1. The van der Waals surface area contributed by atoms with E-state index in [1.807, 2.05) is 0 Å². The van der Waals surface area contributed by atoms with Gasteiger partial charge >= 0.3 is 5.97 Å².